The molecule has 2 amide bonds. The number of benzene rings is 1. The molecule has 3 rings (SSSR count). The van der Waals surface area contributed by atoms with Gasteiger partial charge < -0.3 is 5.32 Å². The molecule has 1 aromatic carbocycles. The fourth-order valence-corrected chi connectivity index (χ4v) is 4.23. The number of aryl methyl sites for hydroxylation is 1. The lowest BCUT2D eigenvalue weighted by molar-refractivity contribution is -0.122. The first-order valence-electron chi connectivity index (χ1n) is 8.10. The second kappa shape index (κ2) is 8.57. The molecule has 5 nitrogen and oxygen atoms in total. The van der Waals surface area contributed by atoms with Crippen molar-refractivity contribution in [3.63, 3.8) is 0 Å². The van der Waals surface area contributed by atoms with Gasteiger partial charge in [0.2, 0.25) is 5.91 Å². The van der Waals surface area contributed by atoms with E-state index in [4.69, 9.17) is 12.2 Å². The van der Waals surface area contributed by atoms with Crippen LogP contribution in [-0.4, -0.2) is 32.6 Å². The Labute approximate surface area is 165 Å². The number of nitrogens with zero attached hydrogens (tertiary/aromatic N) is 2. The average molecular weight is 404 g/mol. The molecular formula is C18H17N3O2S3. The molecule has 0 radical (unpaired) electrons. The van der Waals surface area contributed by atoms with Crippen molar-refractivity contribution in [2.24, 2.45) is 0 Å². The van der Waals surface area contributed by atoms with E-state index in [1.54, 1.807) is 11.6 Å². The van der Waals surface area contributed by atoms with Crippen molar-refractivity contribution >= 4 is 62.7 Å². The number of hydrogen-bond donors (Lipinski definition) is 1. The summed E-state index contributed by atoms with van der Waals surface area (Å²) in [5.41, 5.74) is 2.21. The summed E-state index contributed by atoms with van der Waals surface area (Å²) in [6, 6.07) is 8.09. The van der Waals surface area contributed by atoms with Crippen LogP contribution in [-0.2, 0) is 16.0 Å². The highest BCUT2D eigenvalue weighted by Gasteiger charge is 2.32. The monoisotopic (exact) mass is 403 g/mol. The molecule has 2 aromatic rings. The van der Waals surface area contributed by atoms with Crippen LogP contribution in [0.1, 0.15) is 24.5 Å². The molecule has 0 unspecified atom stereocenters. The molecule has 0 saturated carbocycles. The van der Waals surface area contributed by atoms with E-state index in [1.165, 1.54) is 33.6 Å². The number of hydrogen-bond acceptors (Lipinski definition) is 6. The first-order chi connectivity index (χ1) is 12.6. The third-order valence-corrected chi connectivity index (χ3v) is 5.87. The van der Waals surface area contributed by atoms with Crippen molar-refractivity contribution in [1.82, 2.24) is 9.88 Å². The lowest BCUT2D eigenvalue weighted by Crippen LogP contribution is -2.31. The molecule has 26 heavy (non-hydrogen) atoms. The lowest BCUT2D eigenvalue weighted by Gasteiger charge is -2.13. The number of rotatable bonds is 6. The zero-order valence-corrected chi connectivity index (χ0v) is 16.5. The normalized spacial score (nSPS) is 15.7. The highest BCUT2D eigenvalue weighted by molar-refractivity contribution is 8.26. The summed E-state index contributed by atoms with van der Waals surface area (Å²) in [7, 11) is 0. The van der Waals surface area contributed by atoms with Gasteiger partial charge in [-0.2, -0.15) is 0 Å². The number of amides is 2. The van der Waals surface area contributed by atoms with E-state index in [1.807, 2.05) is 18.2 Å². The molecule has 2 heterocycles. The Balaban J connectivity index is 1.60. The number of thiocarbonyl (C=S) groups is 1. The minimum atomic E-state index is -0.187. The molecule has 1 aliphatic rings. The van der Waals surface area contributed by atoms with Crippen LogP contribution in [0.15, 0.2) is 40.7 Å². The molecule has 8 heteroatoms. The summed E-state index contributed by atoms with van der Waals surface area (Å²) in [6.45, 7) is 2.36. The maximum atomic E-state index is 12.6. The summed E-state index contributed by atoms with van der Waals surface area (Å²) in [4.78, 5) is 30.6. The van der Waals surface area contributed by atoms with Crippen molar-refractivity contribution in [3.8, 4) is 0 Å². The second-order valence-electron chi connectivity index (χ2n) is 5.56. The van der Waals surface area contributed by atoms with Gasteiger partial charge in [0, 0.05) is 24.5 Å². The van der Waals surface area contributed by atoms with Crippen molar-refractivity contribution in [1.29, 1.82) is 0 Å². The average Bonchev–Trinajstić information content (AvgIpc) is 3.23. The van der Waals surface area contributed by atoms with Gasteiger partial charge in [-0.25, -0.2) is 4.98 Å². The van der Waals surface area contributed by atoms with Gasteiger partial charge in [0.25, 0.3) is 5.91 Å². The number of nitrogens with one attached hydrogen (secondary N) is 1. The van der Waals surface area contributed by atoms with E-state index >= 15 is 0 Å². The Morgan fingerprint density at radius 2 is 2.12 bits per heavy atom. The third kappa shape index (κ3) is 4.57. The van der Waals surface area contributed by atoms with Crippen molar-refractivity contribution < 1.29 is 9.59 Å². The molecule has 1 fully saturated rings. The topological polar surface area (TPSA) is 62.3 Å². The quantitative estimate of drug-likeness (QED) is 0.585. The largest absolute Gasteiger partial charge is 0.302 e. The van der Waals surface area contributed by atoms with Gasteiger partial charge >= 0.3 is 0 Å². The van der Waals surface area contributed by atoms with Crippen LogP contribution >= 0.6 is 35.3 Å². The molecule has 0 spiro atoms. The summed E-state index contributed by atoms with van der Waals surface area (Å²) in [6.07, 6.45) is 4.62. The molecular weight excluding hydrogens is 386 g/mol. The SMILES string of the molecule is CCc1ccc(/C=C2/SC(=S)N(CCC(=O)Nc3nccs3)C2=O)cc1. The highest BCUT2D eigenvalue weighted by Crippen LogP contribution is 2.32. The standard InChI is InChI=1S/C18H17N3O2S3/c1-2-12-3-5-13(6-4-12)11-14-16(23)21(18(24)26-14)9-7-15(22)20-17-19-8-10-25-17/h3-6,8,10-11H,2,7,9H2,1H3,(H,19,20,22)/b14-11+. The first-order valence-corrected chi connectivity index (χ1v) is 10.2. The Morgan fingerprint density at radius 3 is 2.77 bits per heavy atom. The summed E-state index contributed by atoms with van der Waals surface area (Å²) in [5, 5.41) is 5.04. The van der Waals surface area contributed by atoms with Gasteiger partial charge in [-0.05, 0) is 23.6 Å². The van der Waals surface area contributed by atoms with Gasteiger partial charge in [-0.15, -0.1) is 11.3 Å². The molecule has 1 aromatic heterocycles. The van der Waals surface area contributed by atoms with Crippen LogP contribution in [0.25, 0.3) is 6.08 Å². The fourth-order valence-electron chi connectivity index (χ4n) is 2.37. The molecule has 1 N–H and O–H groups in total. The summed E-state index contributed by atoms with van der Waals surface area (Å²) < 4.78 is 0.480. The van der Waals surface area contributed by atoms with Crippen molar-refractivity contribution in [2.45, 2.75) is 19.8 Å². The Morgan fingerprint density at radius 1 is 1.35 bits per heavy atom. The third-order valence-electron chi connectivity index (χ3n) is 3.80. The van der Waals surface area contributed by atoms with Gasteiger partial charge in [-0.1, -0.05) is 55.2 Å². The number of carbonyl (C=O) groups excluding carboxylic acids is 2. The van der Waals surface area contributed by atoms with E-state index < -0.39 is 0 Å². The smallest absolute Gasteiger partial charge is 0.266 e. The molecule has 1 saturated heterocycles. The van der Waals surface area contributed by atoms with Crippen molar-refractivity contribution in [2.75, 3.05) is 11.9 Å². The fraction of sp³-hybridized carbons (Fsp3) is 0.222. The zero-order valence-electron chi connectivity index (χ0n) is 14.1. The van der Waals surface area contributed by atoms with Gasteiger partial charge in [0.05, 0.1) is 4.91 Å². The lowest BCUT2D eigenvalue weighted by atomic mass is 10.1. The van der Waals surface area contributed by atoms with E-state index in [0.717, 1.165) is 12.0 Å². The number of carbonyl (C=O) groups is 2. The minimum absolute atomic E-state index is 0.151. The predicted molar refractivity (Wildman–Crippen MR) is 111 cm³/mol. The van der Waals surface area contributed by atoms with Crippen LogP contribution in [0.3, 0.4) is 0 Å². The van der Waals surface area contributed by atoms with Gasteiger partial charge in [-0.3, -0.25) is 14.5 Å². The highest BCUT2D eigenvalue weighted by atomic mass is 32.2. The number of thioether (sulfide) groups is 1. The molecule has 134 valence electrons. The first kappa shape index (κ1) is 18.8. The van der Waals surface area contributed by atoms with E-state index in [9.17, 15) is 9.59 Å². The molecule has 0 bridgehead atoms. The van der Waals surface area contributed by atoms with Crippen LogP contribution in [0.4, 0.5) is 5.13 Å². The van der Waals surface area contributed by atoms with Crippen LogP contribution in [0.2, 0.25) is 0 Å². The van der Waals surface area contributed by atoms with Gasteiger partial charge in [0.1, 0.15) is 4.32 Å². The van der Waals surface area contributed by atoms with E-state index in [0.29, 0.717) is 14.4 Å². The maximum Gasteiger partial charge on any atom is 0.266 e. The zero-order chi connectivity index (χ0) is 18.5. The van der Waals surface area contributed by atoms with E-state index in [-0.39, 0.29) is 24.8 Å². The summed E-state index contributed by atoms with van der Waals surface area (Å²) in [5.74, 6) is -0.338. The Bertz CT molecular complexity index is 845. The maximum absolute atomic E-state index is 12.6. The van der Waals surface area contributed by atoms with Crippen molar-refractivity contribution in [3.05, 3.63) is 51.9 Å². The predicted octanol–water partition coefficient (Wildman–Crippen LogP) is 3.94. The second-order valence-corrected chi connectivity index (χ2v) is 8.13. The van der Waals surface area contributed by atoms with Crippen LogP contribution in [0.5, 0.6) is 0 Å². The van der Waals surface area contributed by atoms with Crippen LogP contribution < -0.4 is 5.32 Å². The number of aromatic nitrogens is 1. The minimum Gasteiger partial charge on any atom is -0.302 e. The Hall–Kier alpha value is -2.03. The molecule has 1 aliphatic heterocycles. The Kier molecular flexibility index (Phi) is 6.18. The summed E-state index contributed by atoms with van der Waals surface area (Å²) >= 11 is 7.93. The molecule has 0 aliphatic carbocycles. The number of anilines is 1. The van der Waals surface area contributed by atoms with E-state index in [2.05, 4.69) is 29.4 Å². The van der Waals surface area contributed by atoms with Gasteiger partial charge in [0.15, 0.2) is 5.13 Å². The van der Waals surface area contributed by atoms with Crippen LogP contribution in [0, 0.1) is 0 Å². The number of thiazole rings is 1. The molecule has 0 atom stereocenters.